The van der Waals surface area contributed by atoms with Crippen LogP contribution >= 0.6 is 0 Å². The van der Waals surface area contributed by atoms with Gasteiger partial charge >= 0.3 is 6.03 Å². The van der Waals surface area contributed by atoms with Crippen LogP contribution in [-0.2, 0) is 4.79 Å². The molecule has 1 saturated heterocycles. The van der Waals surface area contributed by atoms with Crippen molar-refractivity contribution in [2.24, 2.45) is 0 Å². The lowest BCUT2D eigenvalue weighted by atomic mass is 10.1. The number of aromatic nitrogens is 3. The van der Waals surface area contributed by atoms with Crippen molar-refractivity contribution in [1.29, 1.82) is 0 Å². The van der Waals surface area contributed by atoms with Gasteiger partial charge in [-0.3, -0.25) is 10.1 Å². The molecular formula is C21H20FN7O2. The highest BCUT2D eigenvalue weighted by Crippen LogP contribution is 2.29. The fourth-order valence-electron chi connectivity index (χ4n) is 3.46. The number of hydrogen-bond donors (Lipinski definition) is 4. The van der Waals surface area contributed by atoms with Gasteiger partial charge < -0.3 is 16.0 Å². The highest BCUT2D eigenvalue weighted by molar-refractivity contribution is 6.14. The summed E-state index contributed by atoms with van der Waals surface area (Å²) in [6, 6.07) is 7.89. The summed E-state index contributed by atoms with van der Waals surface area (Å²) in [5.41, 5.74) is 1.71. The molecule has 31 heavy (non-hydrogen) atoms. The zero-order valence-corrected chi connectivity index (χ0v) is 16.6. The van der Waals surface area contributed by atoms with Crippen molar-refractivity contribution in [3.05, 3.63) is 59.2 Å². The third kappa shape index (κ3) is 3.79. The van der Waals surface area contributed by atoms with E-state index in [0.29, 0.717) is 28.6 Å². The van der Waals surface area contributed by atoms with E-state index in [9.17, 15) is 14.0 Å². The number of hydrogen-bond acceptors (Lipinski definition) is 6. The fraction of sp³-hybridized carbons (Fsp3) is 0.238. The number of benzene rings is 1. The number of amides is 3. The Kier molecular flexibility index (Phi) is 4.54. The van der Waals surface area contributed by atoms with Crippen molar-refractivity contribution in [2.75, 3.05) is 10.6 Å². The monoisotopic (exact) mass is 421 g/mol. The number of halogens is 1. The summed E-state index contributed by atoms with van der Waals surface area (Å²) < 4.78 is 15.8. The molecule has 3 amide bonds. The Labute approximate surface area is 176 Å². The van der Waals surface area contributed by atoms with Gasteiger partial charge in [0.1, 0.15) is 23.1 Å². The first kappa shape index (κ1) is 19.0. The van der Waals surface area contributed by atoms with Crippen molar-refractivity contribution in [2.45, 2.75) is 31.8 Å². The molecule has 0 bridgehead atoms. The quantitative estimate of drug-likeness (QED) is 0.360. The van der Waals surface area contributed by atoms with Gasteiger partial charge in [-0.25, -0.2) is 14.2 Å². The standard InChI is InChI=1S/C21H20FN7O2/c1-11(14-4-2-3-5-15(14)22)24-17-9-18(25-13-6-7-13)29-19(27-17)12(10-23-29)8-16-20(30)28-21(31)26-16/h2-5,8-11,13,25H,6-7H2,1H3,(H,24,27)(H2,26,28,30,31)/b16-8-. The first-order valence-electron chi connectivity index (χ1n) is 9.98. The number of anilines is 2. The van der Waals surface area contributed by atoms with Crippen molar-refractivity contribution >= 4 is 35.3 Å². The Morgan fingerprint density at radius 2 is 2.06 bits per heavy atom. The van der Waals surface area contributed by atoms with E-state index in [0.717, 1.165) is 18.7 Å². The molecule has 10 heteroatoms. The van der Waals surface area contributed by atoms with Crippen LogP contribution in [0.2, 0.25) is 0 Å². The molecule has 9 nitrogen and oxygen atoms in total. The molecule has 1 aromatic carbocycles. The molecule has 158 valence electrons. The second-order valence-electron chi connectivity index (χ2n) is 7.63. The average molecular weight is 421 g/mol. The molecule has 1 unspecified atom stereocenters. The lowest BCUT2D eigenvalue weighted by molar-refractivity contribution is -0.115. The predicted octanol–water partition coefficient (Wildman–Crippen LogP) is 2.80. The number of nitrogens with zero attached hydrogens (tertiary/aromatic N) is 3. The number of rotatable bonds is 6. The van der Waals surface area contributed by atoms with Crippen LogP contribution in [-0.4, -0.2) is 32.6 Å². The van der Waals surface area contributed by atoms with Crippen LogP contribution in [0.25, 0.3) is 11.7 Å². The molecule has 2 aliphatic rings. The second kappa shape index (κ2) is 7.38. The van der Waals surface area contributed by atoms with Gasteiger partial charge in [0, 0.05) is 23.2 Å². The van der Waals surface area contributed by atoms with Gasteiger partial charge in [0.2, 0.25) is 0 Å². The number of carbonyl (C=O) groups is 2. The molecule has 3 heterocycles. The molecule has 4 N–H and O–H groups in total. The minimum absolute atomic E-state index is 0.122. The Bertz CT molecular complexity index is 1230. The number of nitrogens with one attached hydrogen (secondary N) is 4. The van der Waals surface area contributed by atoms with Crippen molar-refractivity contribution in [3.8, 4) is 0 Å². The van der Waals surface area contributed by atoms with Crippen LogP contribution in [0.1, 0.15) is 36.9 Å². The van der Waals surface area contributed by atoms with E-state index in [-0.39, 0.29) is 17.6 Å². The molecule has 1 saturated carbocycles. The van der Waals surface area contributed by atoms with Crippen molar-refractivity contribution < 1.29 is 14.0 Å². The summed E-state index contributed by atoms with van der Waals surface area (Å²) in [5.74, 6) is 0.465. The molecule has 0 spiro atoms. The maximum atomic E-state index is 14.2. The van der Waals surface area contributed by atoms with Gasteiger partial charge in [-0.15, -0.1) is 0 Å². The molecule has 1 aliphatic carbocycles. The summed E-state index contributed by atoms with van der Waals surface area (Å²) in [5, 5.41) is 15.7. The van der Waals surface area contributed by atoms with E-state index in [1.807, 2.05) is 13.0 Å². The normalized spacial score (nSPS) is 18.2. The van der Waals surface area contributed by atoms with Gasteiger partial charge in [0.05, 0.1) is 12.2 Å². The van der Waals surface area contributed by atoms with E-state index in [4.69, 9.17) is 0 Å². The Morgan fingerprint density at radius 1 is 1.26 bits per heavy atom. The maximum Gasteiger partial charge on any atom is 0.326 e. The van der Waals surface area contributed by atoms with E-state index in [1.165, 1.54) is 12.1 Å². The molecular weight excluding hydrogens is 401 g/mol. The van der Waals surface area contributed by atoms with Gasteiger partial charge in [-0.1, -0.05) is 18.2 Å². The molecule has 2 aromatic heterocycles. The summed E-state index contributed by atoms with van der Waals surface area (Å²) in [6.07, 6.45) is 5.25. The lowest BCUT2D eigenvalue weighted by Crippen LogP contribution is -2.22. The third-order valence-corrected chi connectivity index (χ3v) is 5.18. The Balaban J connectivity index is 1.54. The number of fused-ring (bicyclic) bond motifs is 1. The second-order valence-corrected chi connectivity index (χ2v) is 7.63. The number of urea groups is 1. The summed E-state index contributed by atoms with van der Waals surface area (Å²) in [7, 11) is 0. The van der Waals surface area contributed by atoms with Crippen LogP contribution in [0.5, 0.6) is 0 Å². The van der Waals surface area contributed by atoms with Crippen LogP contribution in [0, 0.1) is 5.82 Å². The van der Waals surface area contributed by atoms with Crippen LogP contribution in [0.3, 0.4) is 0 Å². The van der Waals surface area contributed by atoms with E-state index < -0.39 is 11.9 Å². The lowest BCUT2D eigenvalue weighted by Gasteiger charge is -2.17. The van der Waals surface area contributed by atoms with E-state index in [2.05, 4.69) is 31.3 Å². The Hall–Kier alpha value is -3.95. The summed E-state index contributed by atoms with van der Waals surface area (Å²) in [4.78, 5) is 27.9. The first-order valence-corrected chi connectivity index (χ1v) is 9.98. The highest BCUT2D eigenvalue weighted by Gasteiger charge is 2.25. The topological polar surface area (TPSA) is 112 Å². The SMILES string of the molecule is CC(Nc1cc(NC2CC2)n2ncc(/C=C3\NC(=O)NC3=O)c2n1)c1ccccc1F. The molecule has 0 radical (unpaired) electrons. The van der Waals surface area contributed by atoms with Crippen LogP contribution in [0.4, 0.5) is 20.8 Å². The van der Waals surface area contributed by atoms with Crippen LogP contribution < -0.4 is 21.3 Å². The van der Waals surface area contributed by atoms with Gasteiger partial charge in [-0.2, -0.15) is 9.61 Å². The van der Waals surface area contributed by atoms with Gasteiger partial charge in [-0.05, 0) is 31.9 Å². The summed E-state index contributed by atoms with van der Waals surface area (Å²) in [6.45, 7) is 1.86. The average Bonchev–Trinajstić information content (AvgIpc) is 3.37. The molecule has 1 aliphatic heterocycles. The minimum Gasteiger partial charge on any atom is -0.367 e. The minimum atomic E-state index is -0.571. The fourth-order valence-corrected chi connectivity index (χ4v) is 3.46. The largest absolute Gasteiger partial charge is 0.367 e. The summed E-state index contributed by atoms with van der Waals surface area (Å²) >= 11 is 0. The van der Waals surface area contributed by atoms with Crippen LogP contribution in [0.15, 0.2) is 42.2 Å². The molecule has 5 rings (SSSR count). The van der Waals surface area contributed by atoms with E-state index >= 15 is 0 Å². The highest BCUT2D eigenvalue weighted by atomic mass is 19.1. The number of imide groups is 1. The van der Waals surface area contributed by atoms with Crippen molar-refractivity contribution in [1.82, 2.24) is 25.2 Å². The molecule has 2 fully saturated rings. The Morgan fingerprint density at radius 3 is 2.77 bits per heavy atom. The van der Waals surface area contributed by atoms with E-state index in [1.54, 1.807) is 28.9 Å². The third-order valence-electron chi connectivity index (χ3n) is 5.18. The molecule has 1 atom stereocenters. The number of carbonyl (C=O) groups excluding carboxylic acids is 2. The zero-order valence-electron chi connectivity index (χ0n) is 16.6. The maximum absolute atomic E-state index is 14.2. The molecule has 3 aromatic rings. The smallest absolute Gasteiger partial charge is 0.326 e. The predicted molar refractivity (Wildman–Crippen MR) is 113 cm³/mol. The van der Waals surface area contributed by atoms with Gasteiger partial charge in [0.15, 0.2) is 5.65 Å². The van der Waals surface area contributed by atoms with Gasteiger partial charge in [0.25, 0.3) is 5.91 Å². The first-order chi connectivity index (χ1) is 15.0. The zero-order chi connectivity index (χ0) is 21.5. The van der Waals surface area contributed by atoms with Crippen molar-refractivity contribution in [3.63, 3.8) is 0 Å².